The fourth-order valence-corrected chi connectivity index (χ4v) is 1.20. The molecule has 0 saturated carbocycles. The van der Waals surface area contributed by atoms with E-state index in [1.165, 1.54) is 23.3 Å². The average Bonchev–Trinajstić information content (AvgIpc) is 2.46. The van der Waals surface area contributed by atoms with Crippen LogP contribution in [0.2, 0.25) is 0 Å². The molecule has 0 spiro atoms. The third-order valence-electron chi connectivity index (χ3n) is 1.81. The number of rotatable bonds is 1. The number of anilines is 1. The van der Waals surface area contributed by atoms with Crippen LogP contribution >= 0.6 is 0 Å². The fraction of sp³-hybridized carbons (Fsp3) is 0.125. The summed E-state index contributed by atoms with van der Waals surface area (Å²) in [5.74, 6) is 0.268. The SMILES string of the molecule is Cc1cc(=O)n(-c2cncnc2N)[nH]1. The highest BCUT2D eigenvalue weighted by Gasteiger charge is 2.06. The largest absolute Gasteiger partial charge is 0.382 e. The van der Waals surface area contributed by atoms with Gasteiger partial charge in [-0.2, -0.15) is 0 Å². The second-order valence-electron chi connectivity index (χ2n) is 2.91. The number of nitrogen functional groups attached to an aromatic ring is 1. The molecule has 2 aromatic heterocycles. The van der Waals surface area contributed by atoms with E-state index in [1.807, 2.05) is 0 Å². The van der Waals surface area contributed by atoms with Gasteiger partial charge in [-0.1, -0.05) is 0 Å². The summed E-state index contributed by atoms with van der Waals surface area (Å²) in [7, 11) is 0. The van der Waals surface area contributed by atoms with E-state index in [0.29, 0.717) is 5.69 Å². The Hall–Kier alpha value is -2.11. The van der Waals surface area contributed by atoms with Crippen LogP contribution in [0.1, 0.15) is 5.69 Å². The molecule has 0 fully saturated rings. The van der Waals surface area contributed by atoms with E-state index in [9.17, 15) is 4.79 Å². The van der Waals surface area contributed by atoms with Crippen LogP contribution in [-0.2, 0) is 0 Å². The number of nitrogens with two attached hydrogens (primary N) is 1. The predicted molar refractivity (Wildman–Crippen MR) is 51.1 cm³/mol. The van der Waals surface area contributed by atoms with E-state index in [2.05, 4.69) is 15.1 Å². The Balaban J connectivity index is 2.66. The second-order valence-corrected chi connectivity index (χ2v) is 2.91. The van der Waals surface area contributed by atoms with Crippen molar-refractivity contribution in [1.82, 2.24) is 19.7 Å². The fourth-order valence-electron chi connectivity index (χ4n) is 1.20. The normalized spacial score (nSPS) is 10.4. The zero-order chi connectivity index (χ0) is 10.1. The van der Waals surface area contributed by atoms with E-state index in [4.69, 9.17) is 5.73 Å². The molecule has 0 atom stereocenters. The Morgan fingerprint density at radius 2 is 2.36 bits per heavy atom. The maximum Gasteiger partial charge on any atom is 0.271 e. The number of nitrogens with zero attached hydrogens (tertiary/aromatic N) is 3. The van der Waals surface area contributed by atoms with Crippen LogP contribution in [0.5, 0.6) is 0 Å². The summed E-state index contributed by atoms with van der Waals surface area (Å²) < 4.78 is 1.31. The van der Waals surface area contributed by atoms with Gasteiger partial charge < -0.3 is 5.73 Å². The van der Waals surface area contributed by atoms with Gasteiger partial charge in [-0.3, -0.25) is 9.89 Å². The second kappa shape index (κ2) is 2.99. The molecule has 2 heterocycles. The Morgan fingerprint density at radius 3 is 2.93 bits per heavy atom. The lowest BCUT2D eigenvalue weighted by molar-refractivity contribution is 0.826. The molecule has 72 valence electrons. The van der Waals surface area contributed by atoms with Crippen LogP contribution < -0.4 is 11.3 Å². The lowest BCUT2D eigenvalue weighted by Crippen LogP contribution is -2.16. The Kier molecular flexibility index (Phi) is 1.81. The third-order valence-corrected chi connectivity index (χ3v) is 1.81. The molecule has 6 heteroatoms. The molecule has 0 saturated heterocycles. The third kappa shape index (κ3) is 1.26. The van der Waals surface area contributed by atoms with Crippen LogP contribution in [0.15, 0.2) is 23.4 Å². The van der Waals surface area contributed by atoms with Gasteiger partial charge in [0.2, 0.25) is 0 Å². The van der Waals surface area contributed by atoms with Gasteiger partial charge in [-0.25, -0.2) is 14.6 Å². The first-order valence-corrected chi connectivity index (χ1v) is 4.03. The van der Waals surface area contributed by atoms with Crippen molar-refractivity contribution in [2.75, 3.05) is 5.73 Å². The van der Waals surface area contributed by atoms with Gasteiger partial charge in [-0.15, -0.1) is 0 Å². The molecule has 0 aliphatic rings. The van der Waals surface area contributed by atoms with Crippen LogP contribution in [0.3, 0.4) is 0 Å². The van der Waals surface area contributed by atoms with Crippen LogP contribution in [0.4, 0.5) is 5.82 Å². The Labute approximate surface area is 79.4 Å². The van der Waals surface area contributed by atoms with Crippen molar-refractivity contribution in [3.63, 3.8) is 0 Å². The summed E-state index contributed by atoms with van der Waals surface area (Å²) in [5, 5.41) is 2.85. The number of hydrogen-bond acceptors (Lipinski definition) is 4. The molecule has 2 rings (SSSR count). The Bertz CT molecular complexity index is 512. The lowest BCUT2D eigenvalue weighted by atomic mass is 10.5. The topological polar surface area (TPSA) is 89.6 Å². The predicted octanol–water partition coefficient (Wildman–Crippen LogP) is -0.154. The minimum absolute atomic E-state index is 0.177. The van der Waals surface area contributed by atoms with Gasteiger partial charge >= 0.3 is 0 Å². The molecular formula is C8H9N5O. The number of aromatic nitrogens is 4. The van der Waals surface area contributed by atoms with Gasteiger partial charge in [0.15, 0.2) is 5.82 Å². The highest BCUT2D eigenvalue weighted by atomic mass is 16.1. The van der Waals surface area contributed by atoms with E-state index < -0.39 is 0 Å². The molecule has 0 aromatic carbocycles. The van der Waals surface area contributed by atoms with Crippen molar-refractivity contribution in [2.45, 2.75) is 6.92 Å². The van der Waals surface area contributed by atoms with Gasteiger partial charge in [0.25, 0.3) is 5.56 Å². The molecule has 0 amide bonds. The van der Waals surface area contributed by atoms with Crippen LogP contribution in [0.25, 0.3) is 5.69 Å². The van der Waals surface area contributed by atoms with Gasteiger partial charge in [-0.05, 0) is 6.92 Å². The first-order valence-electron chi connectivity index (χ1n) is 4.03. The highest BCUT2D eigenvalue weighted by molar-refractivity contribution is 5.49. The molecule has 0 bridgehead atoms. The van der Waals surface area contributed by atoms with E-state index in [-0.39, 0.29) is 11.4 Å². The van der Waals surface area contributed by atoms with Crippen molar-refractivity contribution >= 4 is 5.82 Å². The quantitative estimate of drug-likeness (QED) is 0.655. The summed E-state index contributed by atoms with van der Waals surface area (Å²) in [6.45, 7) is 1.79. The molecule has 0 aliphatic heterocycles. The summed E-state index contributed by atoms with van der Waals surface area (Å²) in [5.41, 5.74) is 6.65. The summed E-state index contributed by atoms with van der Waals surface area (Å²) >= 11 is 0. The number of aryl methyl sites for hydroxylation is 1. The van der Waals surface area contributed by atoms with E-state index in [1.54, 1.807) is 6.92 Å². The van der Waals surface area contributed by atoms with Gasteiger partial charge in [0.05, 0.1) is 6.20 Å². The number of H-pyrrole nitrogens is 1. The molecule has 0 aliphatic carbocycles. The summed E-state index contributed by atoms with van der Waals surface area (Å²) in [4.78, 5) is 19.0. The maximum atomic E-state index is 11.4. The van der Waals surface area contributed by atoms with Crippen molar-refractivity contribution in [1.29, 1.82) is 0 Å². The lowest BCUT2D eigenvalue weighted by Gasteiger charge is -2.02. The summed E-state index contributed by atoms with van der Waals surface area (Å²) in [6, 6.07) is 1.48. The molecule has 14 heavy (non-hydrogen) atoms. The van der Waals surface area contributed by atoms with Gasteiger partial charge in [0.1, 0.15) is 12.0 Å². The highest BCUT2D eigenvalue weighted by Crippen LogP contribution is 2.08. The zero-order valence-electron chi connectivity index (χ0n) is 7.56. The van der Waals surface area contributed by atoms with Crippen molar-refractivity contribution in [3.8, 4) is 5.69 Å². The number of nitrogens with one attached hydrogen (secondary N) is 1. The van der Waals surface area contributed by atoms with Gasteiger partial charge in [0, 0.05) is 11.8 Å². The standard InChI is InChI=1S/C8H9N5O/c1-5-2-7(14)13(12-5)6-3-10-4-11-8(6)9/h2-4,12H,1H3,(H2,9,10,11). The first kappa shape index (κ1) is 8.49. The monoisotopic (exact) mass is 191 g/mol. The van der Waals surface area contributed by atoms with E-state index in [0.717, 1.165) is 5.69 Å². The Morgan fingerprint density at radius 1 is 1.57 bits per heavy atom. The average molecular weight is 191 g/mol. The molecule has 0 radical (unpaired) electrons. The minimum Gasteiger partial charge on any atom is -0.382 e. The van der Waals surface area contributed by atoms with Crippen LogP contribution in [-0.4, -0.2) is 19.7 Å². The molecule has 2 aromatic rings. The van der Waals surface area contributed by atoms with Crippen molar-refractivity contribution in [3.05, 3.63) is 34.6 Å². The number of aromatic amines is 1. The number of hydrogen-bond donors (Lipinski definition) is 2. The van der Waals surface area contributed by atoms with E-state index >= 15 is 0 Å². The minimum atomic E-state index is -0.177. The van der Waals surface area contributed by atoms with Crippen LogP contribution in [0, 0.1) is 6.92 Å². The molecule has 6 nitrogen and oxygen atoms in total. The summed E-state index contributed by atoms with van der Waals surface area (Å²) in [6.07, 6.45) is 2.82. The van der Waals surface area contributed by atoms with Crippen molar-refractivity contribution < 1.29 is 0 Å². The van der Waals surface area contributed by atoms with Crippen molar-refractivity contribution in [2.24, 2.45) is 0 Å². The molecule has 0 unspecified atom stereocenters. The maximum absolute atomic E-state index is 11.4. The molecular weight excluding hydrogens is 182 g/mol. The zero-order valence-corrected chi connectivity index (χ0v) is 7.56. The smallest absolute Gasteiger partial charge is 0.271 e. The first-order chi connectivity index (χ1) is 6.68. The molecule has 3 N–H and O–H groups in total.